The summed E-state index contributed by atoms with van der Waals surface area (Å²) in [6.07, 6.45) is 2.26. The first-order valence-electron chi connectivity index (χ1n) is 8.01. The lowest BCUT2D eigenvalue weighted by molar-refractivity contribution is 0.0747. The number of halogens is 1. The van der Waals surface area contributed by atoms with E-state index in [2.05, 4.69) is 4.98 Å². The van der Waals surface area contributed by atoms with Crippen molar-refractivity contribution < 1.29 is 17.6 Å². The molecule has 1 aromatic carbocycles. The van der Waals surface area contributed by atoms with E-state index in [0.29, 0.717) is 23.2 Å². The van der Waals surface area contributed by atoms with E-state index in [9.17, 15) is 17.6 Å². The van der Waals surface area contributed by atoms with E-state index in [1.165, 1.54) is 17.2 Å². The molecule has 0 N–H and O–H groups in total. The summed E-state index contributed by atoms with van der Waals surface area (Å²) in [6.45, 7) is 0. The molecule has 25 heavy (non-hydrogen) atoms. The standard InChI is InChI=1S/C18H19FN2O3S/c1-21(16-7-9-25(23,24)12-16)18(22)14-6-8-20-15(11-14)10-13-4-2-3-5-17(13)19/h2-6,8,11,16H,7,9-10,12H2,1H3/t16-/m1/s1. The summed E-state index contributed by atoms with van der Waals surface area (Å²) < 4.78 is 37.0. The summed E-state index contributed by atoms with van der Waals surface area (Å²) >= 11 is 0. The van der Waals surface area contributed by atoms with E-state index in [-0.39, 0.29) is 35.7 Å². The lowest BCUT2D eigenvalue weighted by Crippen LogP contribution is -2.37. The van der Waals surface area contributed by atoms with Gasteiger partial charge >= 0.3 is 0 Å². The van der Waals surface area contributed by atoms with Crippen LogP contribution in [-0.4, -0.2) is 48.8 Å². The van der Waals surface area contributed by atoms with Crippen molar-refractivity contribution >= 4 is 15.7 Å². The fraction of sp³-hybridized carbons (Fsp3) is 0.333. The van der Waals surface area contributed by atoms with Crippen LogP contribution in [0.2, 0.25) is 0 Å². The third-order valence-corrected chi connectivity index (χ3v) is 6.22. The second-order valence-electron chi connectivity index (χ2n) is 6.28. The maximum absolute atomic E-state index is 13.8. The summed E-state index contributed by atoms with van der Waals surface area (Å²) in [7, 11) is -1.44. The summed E-state index contributed by atoms with van der Waals surface area (Å²) in [5.41, 5.74) is 1.52. The number of carbonyl (C=O) groups is 1. The normalized spacial score (nSPS) is 18.9. The largest absolute Gasteiger partial charge is 0.338 e. The number of pyridine rings is 1. The van der Waals surface area contributed by atoms with E-state index in [4.69, 9.17) is 0 Å². The highest BCUT2D eigenvalue weighted by Gasteiger charge is 2.33. The Kier molecular flexibility index (Phi) is 4.85. The van der Waals surface area contributed by atoms with E-state index >= 15 is 0 Å². The van der Waals surface area contributed by atoms with Gasteiger partial charge in [0.15, 0.2) is 9.84 Å². The second-order valence-corrected chi connectivity index (χ2v) is 8.51. The van der Waals surface area contributed by atoms with Crippen LogP contribution >= 0.6 is 0 Å². The first-order valence-corrected chi connectivity index (χ1v) is 9.84. The first-order chi connectivity index (χ1) is 11.9. The number of sulfone groups is 1. The molecule has 0 aliphatic carbocycles. The van der Waals surface area contributed by atoms with Crippen LogP contribution in [0.3, 0.4) is 0 Å². The van der Waals surface area contributed by atoms with Gasteiger partial charge in [-0.1, -0.05) is 18.2 Å². The molecule has 2 heterocycles. The van der Waals surface area contributed by atoms with Crippen LogP contribution in [0.1, 0.15) is 28.0 Å². The SMILES string of the molecule is CN(C(=O)c1ccnc(Cc2ccccc2F)c1)[C@@H]1CCS(=O)(=O)C1. The van der Waals surface area contributed by atoms with Crippen molar-refractivity contribution in [3.8, 4) is 0 Å². The van der Waals surface area contributed by atoms with Crippen molar-refractivity contribution in [3.05, 3.63) is 65.2 Å². The van der Waals surface area contributed by atoms with Gasteiger partial charge in [-0.25, -0.2) is 12.8 Å². The molecule has 0 bridgehead atoms. The predicted octanol–water partition coefficient (Wildman–Crippen LogP) is 2.07. The van der Waals surface area contributed by atoms with Gasteiger partial charge in [0.2, 0.25) is 0 Å². The van der Waals surface area contributed by atoms with Crippen LogP contribution in [-0.2, 0) is 16.3 Å². The first kappa shape index (κ1) is 17.5. The molecule has 0 unspecified atom stereocenters. The summed E-state index contributed by atoms with van der Waals surface area (Å²) in [5, 5.41) is 0. The Hall–Kier alpha value is -2.28. The highest BCUT2D eigenvalue weighted by molar-refractivity contribution is 7.91. The number of amides is 1. The fourth-order valence-electron chi connectivity index (χ4n) is 3.00. The zero-order valence-electron chi connectivity index (χ0n) is 13.9. The minimum Gasteiger partial charge on any atom is -0.338 e. The molecule has 7 heteroatoms. The van der Waals surface area contributed by atoms with E-state index in [1.54, 1.807) is 37.4 Å². The highest BCUT2D eigenvalue weighted by Crippen LogP contribution is 2.19. The van der Waals surface area contributed by atoms with E-state index in [0.717, 1.165) is 0 Å². The minimum atomic E-state index is -3.06. The number of hydrogen-bond donors (Lipinski definition) is 0. The van der Waals surface area contributed by atoms with Crippen molar-refractivity contribution in [2.75, 3.05) is 18.6 Å². The average Bonchev–Trinajstić information content (AvgIpc) is 2.96. The molecule has 0 saturated carbocycles. The molecule has 1 atom stereocenters. The molecule has 0 spiro atoms. The molecule has 1 amide bonds. The fourth-order valence-corrected chi connectivity index (χ4v) is 4.77. The summed E-state index contributed by atoms with van der Waals surface area (Å²) in [6, 6.07) is 9.36. The lowest BCUT2D eigenvalue weighted by atomic mass is 10.1. The maximum Gasteiger partial charge on any atom is 0.253 e. The quantitative estimate of drug-likeness (QED) is 0.835. The Morgan fingerprint density at radius 1 is 1.32 bits per heavy atom. The van der Waals surface area contributed by atoms with Crippen LogP contribution in [0.25, 0.3) is 0 Å². The molecule has 1 fully saturated rings. The molecule has 1 saturated heterocycles. The highest BCUT2D eigenvalue weighted by atomic mass is 32.2. The molecule has 132 valence electrons. The molecular weight excluding hydrogens is 343 g/mol. The van der Waals surface area contributed by atoms with Gasteiger partial charge in [-0.15, -0.1) is 0 Å². The van der Waals surface area contributed by atoms with Crippen molar-refractivity contribution in [3.63, 3.8) is 0 Å². The Bertz CT molecular complexity index is 899. The smallest absolute Gasteiger partial charge is 0.253 e. The van der Waals surface area contributed by atoms with Crippen molar-refractivity contribution in [2.45, 2.75) is 18.9 Å². The van der Waals surface area contributed by atoms with Crippen molar-refractivity contribution in [1.82, 2.24) is 9.88 Å². The lowest BCUT2D eigenvalue weighted by Gasteiger charge is -2.23. The molecule has 1 aliphatic rings. The molecule has 2 aromatic rings. The van der Waals surface area contributed by atoms with E-state index in [1.807, 2.05) is 0 Å². The van der Waals surface area contributed by atoms with Crippen LogP contribution in [0.15, 0.2) is 42.6 Å². The third kappa shape index (κ3) is 4.04. The number of benzene rings is 1. The Balaban J connectivity index is 1.77. The summed E-state index contributed by atoms with van der Waals surface area (Å²) in [5.74, 6) is -0.444. The average molecular weight is 362 g/mol. The van der Waals surface area contributed by atoms with Gasteiger partial charge in [0, 0.05) is 37.0 Å². The maximum atomic E-state index is 13.8. The Labute approximate surface area is 146 Å². The zero-order chi connectivity index (χ0) is 18.0. The Morgan fingerprint density at radius 2 is 2.08 bits per heavy atom. The topological polar surface area (TPSA) is 67.3 Å². The number of carbonyl (C=O) groups excluding carboxylic acids is 1. The molecule has 1 aromatic heterocycles. The number of aromatic nitrogens is 1. The number of hydrogen-bond acceptors (Lipinski definition) is 4. The Morgan fingerprint density at radius 3 is 2.76 bits per heavy atom. The van der Waals surface area contributed by atoms with Gasteiger partial charge in [-0.2, -0.15) is 0 Å². The second kappa shape index (κ2) is 6.92. The monoisotopic (exact) mass is 362 g/mol. The van der Waals surface area contributed by atoms with Gasteiger partial charge in [-0.3, -0.25) is 9.78 Å². The molecule has 3 rings (SSSR count). The molecule has 1 aliphatic heterocycles. The van der Waals surface area contributed by atoms with Gasteiger partial charge in [0.1, 0.15) is 5.82 Å². The van der Waals surface area contributed by atoms with Gasteiger partial charge < -0.3 is 4.90 Å². The minimum absolute atomic E-state index is 0.00239. The summed E-state index contributed by atoms with van der Waals surface area (Å²) in [4.78, 5) is 18.3. The molecule has 5 nitrogen and oxygen atoms in total. The molecular formula is C18H19FN2O3S. The molecule has 0 radical (unpaired) electrons. The van der Waals surface area contributed by atoms with Crippen LogP contribution in [0.5, 0.6) is 0 Å². The van der Waals surface area contributed by atoms with E-state index < -0.39 is 9.84 Å². The number of rotatable bonds is 4. The van der Waals surface area contributed by atoms with Crippen molar-refractivity contribution in [2.24, 2.45) is 0 Å². The van der Waals surface area contributed by atoms with Gasteiger partial charge in [0.25, 0.3) is 5.91 Å². The zero-order valence-corrected chi connectivity index (χ0v) is 14.7. The van der Waals surface area contributed by atoms with Crippen molar-refractivity contribution in [1.29, 1.82) is 0 Å². The van der Waals surface area contributed by atoms with Crippen LogP contribution in [0, 0.1) is 5.82 Å². The third-order valence-electron chi connectivity index (χ3n) is 4.47. The number of nitrogens with zero attached hydrogens (tertiary/aromatic N) is 2. The van der Waals surface area contributed by atoms with Crippen LogP contribution < -0.4 is 0 Å². The van der Waals surface area contributed by atoms with Gasteiger partial charge in [0.05, 0.1) is 11.5 Å². The van der Waals surface area contributed by atoms with Crippen LogP contribution in [0.4, 0.5) is 4.39 Å². The predicted molar refractivity (Wildman–Crippen MR) is 92.6 cm³/mol. The van der Waals surface area contributed by atoms with Gasteiger partial charge in [-0.05, 0) is 30.2 Å².